The van der Waals surface area contributed by atoms with Crippen molar-refractivity contribution in [3.8, 4) is 0 Å². The molecule has 0 amide bonds. The Bertz CT molecular complexity index is 486. The van der Waals surface area contributed by atoms with Crippen LogP contribution in [0.1, 0.15) is 31.2 Å². The van der Waals surface area contributed by atoms with Crippen LogP contribution in [0.4, 0.5) is 13.2 Å². The minimum atomic E-state index is -4.44. The maximum atomic E-state index is 12.5. The third-order valence-corrected chi connectivity index (χ3v) is 4.08. The summed E-state index contributed by atoms with van der Waals surface area (Å²) in [5.74, 6) is -0.648. The Morgan fingerprint density at radius 2 is 1.90 bits per heavy atom. The quantitative estimate of drug-likeness (QED) is 0.785. The predicted octanol–water partition coefficient (Wildman–Crippen LogP) is 3.46. The van der Waals surface area contributed by atoms with Crippen LogP contribution in [-0.4, -0.2) is 21.0 Å². The van der Waals surface area contributed by atoms with E-state index in [1.54, 1.807) is 0 Å². The fourth-order valence-electron chi connectivity index (χ4n) is 1.62. The third kappa shape index (κ3) is 5.73. The Morgan fingerprint density at radius 3 is 2.50 bits per heavy atom. The van der Waals surface area contributed by atoms with Crippen LogP contribution < -0.4 is 0 Å². The summed E-state index contributed by atoms with van der Waals surface area (Å²) < 4.78 is 49.4. The van der Waals surface area contributed by atoms with E-state index in [0.717, 1.165) is 12.1 Å². The van der Waals surface area contributed by atoms with Gasteiger partial charge in [-0.05, 0) is 31.0 Å². The summed E-state index contributed by atoms with van der Waals surface area (Å²) >= 11 is 0. The lowest BCUT2D eigenvalue weighted by Gasteiger charge is -2.08. The van der Waals surface area contributed by atoms with Crippen molar-refractivity contribution in [2.75, 3.05) is 5.75 Å². The molecular weight excluding hydrogens is 293 g/mol. The summed E-state index contributed by atoms with van der Waals surface area (Å²) in [4.78, 5) is 10.4. The second-order valence-corrected chi connectivity index (χ2v) is 5.85. The van der Waals surface area contributed by atoms with Gasteiger partial charge in [0.15, 0.2) is 0 Å². The molecule has 0 saturated heterocycles. The van der Waals surface area contributed by atoms with E-state index in [4.69, 9.17) is 5.11 Å². The molecule has 1 aromatic rings. The van der Waals surface area contributed by atoms with Gasteiger partial charge in [-0.15, -0.1) is 0 Å². The summed E-state index contributed by atoms with van der Waals surface area (Å²) in [7, 11) is -1.49. The first kappa shape index (κ1) is 16.7. The Kier molecular flexibility index (Phi) is 6.19. The average Bonchev–Trinajstić information content (AvgIpc) is 2.37. The molecule has 0 aliphatic rings. The van der Waals surface area contributed by atoms with Gasteiger partial charge < -0.3 is 5.11 Å². The molecular formula is C13H15F3O3S. The second-order valence-electron chi connectivity index (χ2n) is 4.28. The number of halogens is 3. The van der Waals surface area contributed by atoms with Crippen LogP contribution in [0.2, 0.25) is 0 Å². The molecule has 1 N–H and O–H groups in total. The molecule has 1 atom stereocenters. The zero-order valence-electron chi connectivity index (χ0n) is 10.7. The molecule has 0 heterocycles. The molecule has 1 aromatic carbocycles. The first-order valence-electron chi connectivity index (χ1n) is 6.08. The van der Waals surface area contributed by atoms with Crippen LogP contribution in [0, 0.1) is 0 Å². The van der Waals surface area contributed by atoms with E-state index >= 15 is 0 Å². The van der Waals surface area contributed by atoms with Gasteiger partial charge in [-0.1, -0.05) is 12.5 Å². The van der Waals surface area contributed by atoms with E-state index in [1.807, 2.05) is 0 Å². The number of rotatable bonds is 7. The SMILES string of the molecule is O=C(O)CCCCCS(=O)c1cccc(C(F)(F)F)c1. The molecule has 1 rings (SSSR count). The molecule has 3 nitrogen and oxygen atoms in total. The second kappa shape index (κ2) is 7.42. The molecule has 0 aromatic heterocycles. The topological polar surface area (TPSA) is 54.4 Å². The zero-order valence-corrected chi connectivity index (χ0v) is 11.5. The Labute approximate surface area is 117 Å². The highest BCUT2D eigenvalue weighted by molar-refractivity contribution is 7.85. The fourth-order valence-corrected chi connectivity index (χ4v) is 2.81. The number of carbonyl (C=O) groups is 1. The fraction of sp³-hybridized carbons (Fsp3) is 0.462. The monoisotopic (exact) mass is 308 g/mol. The van der Waals surface area contributed by atoms with E-state index in [0.29, 0.717) is 19.3 Å². The molecule has 0 bridgehead atoms. The van der Waals surface area contributed by atoms with Crippen LogP contribution >= 0.6 is 0 Å². The Balaban J connectivity index is 2.50. The molecule has 112 valence electrons. The van der Waals surface area contributed by atoms with E-state index in [2.05, 4.69) is 0 Å². The number of unbranched alkanes of at least 4 members (excludes halogenated alkanes) is 2. The van der Waals surface area contributed by atoms with Crippen molar-refractivity contribution in [3.05, 3.63) is 29.8 Å². The van der Waals surface area contributed by atoms with Crippen molar-refractivity contribution >= 4 is 16.8 Å². The molecule has 0 spiro atoms. The van der Waals surface area contributed by atoms with E-state index in [-0.39, 0.29) is 17.1 Å². The van der Waals surface area contributed by atoms with Crippen LogP contribution in [-0.2, 0) is 21.8 Å². The van der Waals surface area contributed by atoms with Gasteiger partial charge in [-0.2, -0.15) is 13.2 Å². The predicted molar refractivity (Wildman–Crippen MR) is 68.8 cm³/mol. The minimum Gasteiger partial charge on any atom is -0.481 e. The first-order valence-corrected chi connectivity index (χ1v) is 7.40. The minimum absolute atomic E-state index is 0.0518. The number of carboxylic acids is 1. The highest BCUT2D eigenvalue weighted by Crippen LogP contribution is 2.30. The Hall–Kier alpha value is -1.37. The van der Waals surface area contributed by atoms with Crippen molar-refractivity contribution in [3.63, 3.8) is 0 Å². The maximum Gasteiger partial charge on any atom is 0.416 e. The molecule has 1 unspecified atom stereocenters. The first-order chi connectivity index (χ1) is 9.30. The number of alkyl halides is 3. The van der Waals surface area contributed by atoms with Crippen molar-refractivity contribution in [2.45, 2.75) is 36.8 Å². The molecule has 7 heteroatoms. The van der Waals surface area contributed by atoms with Gasteiger partial charge in [0.2, 0.25) is 0 Å². The summed E-state index contributed by atoms with van der Waals surface area (Å²) in [5, 5.41) is 8.44. The Morgan fingerprint density at radius 1 is 1.20 bits per heavy atom. The van der Waals surface area contributed by atoms with Gasteiger partial charge in [0.25, 0.3) is 0 Å². The highest BCUT2D eigenvalue weighted by Gasteiger charge is 2.30. The summed E-state index contributed by atoms with van der Waals surface area (Å²) in [6, 6.07) is 4.48. The normalized spacial score (nSPS) is 13.2. The summed E-state index contributed by atoms with van der Waals surface area (Å²) in [6.07, 6.45) is -2.79. The maximum absolute atomic E-state index is 12.5. The average molecular weight is 308 g/mol. The lowest BCUT2D eigenvalue weighted by Crippen LogP contribution is -2.06. The van der Waals surface area contributed by atoms with Gasteiger partial charge >= 0.3 is 12.1 Å². The van der Waals surface area contributed by atoms with Crippen molar-refractivity contribution in [1.82, 2.24) is 0 Å². The van der Waals surface area contributed by atoms with Crippen molar-refractivity contribution in [2.24, 2.45) is 0 Å². The van der Waals surface area contributed by atoms with Gasteiger partial charge in [-0.25, -0.2) is 0 Å². The molecule has 0 radical (unpaired) electrons. The van der Waals surface area contributed by atoms with Gasteiger partial charge in [0.1, 0.15) is 0 Å². The largest absolute Gasteiger partial charge is 0.481 e. The number of hydrogen-bond donors (Lipinski definition) is 1. The lowest BCUT2D eigenvalue weighted by molar-refractivity contribution is -0.138. The molecule has 20 heavy (non-hydrogen) atoms. The molecule has 0 fully saturated rings. The number of hydrogen-bond acceptors (Lipinski definition) is 2. The number of carboxylic acid groups (broad SMARTS) is 1. The van der Waals surface area contributed by atoms with Crippen LogP contribution in [0.3, 0.4) is 0 Å². The smallest absolute Gasteiger partial charge is 0.416 e. The van der Waals surface area contributed by atoms with Gasteiger partial charge in [0, 0.05) is 17.1 Å². The summed E-state index contributed by atoms with van der Waals surface area (Å²) in [6.45, 7) is 0. The summed E-state index contributed by atoms with van der Waals surface area (Å²) in [5.41, 5.74) is -0.811. The molecule has 0 aliphatic carbocycles. The van der Waals surface area contributed by atoms with E-state index in [1.165, 1.54) is 12.1 Å². The highest BCUT2D eigenvalue weighted by atomic mass is 32.2. The number of benzene rings is 1. The standard InChI is InChI=1S/C13H15F3O3S/c14-13(15,16)10-5-4-6-11(9-10)20(19)8-3-1-2-7-12(17)18/h4-6,9H,1-3,7-8H2,(H,17,18). The lowest BCUT2D eigenvalue weighted by atomic mass is 10.2. The van der Waals surface area contributed by atoms with E-state index in [9.17, 15) is 22.2 Å². The van der Waals surface area contributed by atoms with Crippen molar-refractivity contribution in [1.29, 1.82) is 0 Å². The van der Waals surface area contributed by atoms with Crippen LogP contribution in [0.5, 0.6) is 0 Å². The van der Waals surface area contributed by atoms with Gasteiger partial charge in [-0.3, -0.25) is 9.00 Å². The van der Waals surface area contributed by atoms with Crippen LogP contribution in [0.15, 0.2) is 29.2 Å². The molecule has 0 aliphatic heterocycles. The van der Waals surface area contributed by atoms with E-state index < -0.39 is 28.5 Å². The molecule has 0 saturated carbocycles. The number of aliphatic carboxylic acids is 1. The van der Waals surface area contributed by atoms with Crippen molar-refractivity contribution < 1.29 is 27.3 Å². The third-order valence-electron chi connectivity index (χ3n) is 2.64. The zero-order chi connectivity index (χ0) is 15.2. The van der Waals surface area contributed by atoms with Gasteiger partial charge in [0.05, 0.1) is 16.4 Å². The van der Waals surface area contributed by atoms with Crippen LogP contribution in [0.25, 0.3) is 0 Å².